The molecular formula is C17H16F2N2O3. The van der Waals surface area contributed by atoms with E-state index in [0.29, 0.717) is 32.0 Å². The van der Waals surface area contributed by atoms with Gasteiger partial charge >= 0.3 is 0 Å². The molecule has 5 nitrogen and oxygen atoms in total. The second-order valence-electron chi connectivity index (χ2n) is 5.64. The van der Waals surface area contributed by atoms with E-state index in [1.54, 1.807) is 12.1 Å². The maximum atomic E-state index is 13.7. The van der Waals surface area contributed by atoms with Crippen molar-refractivity contribution < 1.29 is 22.8 Å². The third-order valence-electron chi connectivity index (χ3n) is 4.02. The average molecular weight is 334 g/mol. The van der Waals surface area contributed by atoms with Gasteiger partial charge in [0.05, 0.1) is 11.8 Å². The molecule has 1 aliphatic rings. The number of hydrogen-bond donors (Lipinski definition) is 1. The number of amides is 2. The summed E-state index contributed by atoms with van der Waals surface area (Å²) in [6.45, 7) is 0.775. The van der Waals surface area contributed by atoms with Crippen molar-refractivity contribution in [1.29, 1.82) is 0 Å². The van der Waals surface area contributed by atoms with Crippen LogP contribution >= 0.6 is 0 Å². The molecule has 1 aliphatic heterocycles. The summed E-state index contributed by atoms with van der Waals surface area (Å²) >= 11 is 0. The lowest BCUT2D eigenvalue weighted by atomic mass is 10.0. The number of furan rings is 1. The number of benzene rings is 1. The van der Waals surface area contributed by atoms with E-state index in [0.717, 1.165) is 12.1 Å². The van der Waals surface area contributed by atoms with Crippen LogP contribution in [0, 0.1) is 11.6 Å². The molecule has 0 radical (unpaired) electrons. The smallest absolute Gasteiger partial charge is 0.287 e. The summed E-state index contributed by atoms with van der Waals surface area (Å²) in [5.41, 5.74) is -0.144. The Bertz CT molecular complexity index is 738. The Morgan fingerprint density at radius 1 is 1.17 bits per heavy atom. The highest BCUT2D eigenvalue weighted by Crippen LogP contribution is 2.17. The summed E-state index contributed by atoms with van der Waals surface area (Å²) in [6.07, 6.45) is 2.54. The zero-order valence-electron chi connectivity index (χ0n) is 12.8. The Hall–Kier alpha value is -2.70. The zero-order chi connectivity index (χ0) is 17.1. The van der Waals surface area contributed by atoms with Crippen LogP contribution in [-0.2, 0) is 0 Å². The lowest BCUT2D eigenvalue weighted by Gasteiger charge is -2.32. The van der Waals surface area contributed by atoms with Crippen LogP contribution in [-0.4, -0.2) is 35.8 Å². The van der Waals surface area contributed by atoms with E-state index in [1.165, 1.54) is 11.2 Å². The summed E-state index contributed by atoms with van der Waals surface area (Å²) in [5, 5.41) is 2.85. The monoisotopic (exact) mass is 334 g/mol. The largest absolute Gasteiger partial charge is 0.459 e. The third kappa shape index (κ3) is 3.45. The molecule has 2 aromatic rings. The van der Waals surface area contributed by atoms with Gasteiger partial charge in [-0.05, 0) is 37.1 Å². The topological polar surface area (TPSA) is 62.6 Å². The minimum Gasteiger partial charge on any atom is -0.459 e. The summed E-state index contributed by atoms with van der Waals surface area (Å²) in [5.74, 6) is -2.11. The fraction of sp³-hybridized carbons (Fsp3) is 0.294. The van der Waals surface area contributed by atoms with Crippen LogP contribution in [0.25, 0.3) is 0 Å². The van der Waals surface area contributed by atoms with Crippen LogP contribution in [0.3, 0.4) is 0 Å². The lowest BCUT2D eigenvalue weighted by molar-refractivity contribution is 0.0691. The molecule has 0 atom stereocenters. The van der Waals surface area contributed by atoms with Gasteiger partial charge in [-0.2, -0.15) is 0 Å². The molecule has 24 heavy (non-hydrogen) atoms. The van der Waals surface area contributed by atoms with Gasteiger partial charge in [0.15, 0.2) is 5.76 Å². The van der Waals surface area contributed by atoms with Gasteiger partial charge in [0, 0.05) is 25.2 Å². The number of nitrogens with zero attached hydrogens (tertiary/aromatic N) is 1. The minimum atomic E-state index is -0.867. The highest BCUT2D eigenvalue weighted by molar-refractivity contribution is 5.94. The Morgan fingerprint density at radius 2 is 1.92 bits per heavy atom. The van der Waals surface area contributed by atoms with Gasteiger partial charge in [0.1, 0.15) is 11.6 Å². The second-order valence-corrected chi connectivity index (χ2v) is 5.64. The van der Waals surface area contributed by atoms with Gasteiger partial charge in [-0.25, -0.2) is 8.78 Å². The molecule has 3 rings (SSSR count). The van der Waals surface area contributed by atoms with Gasteiger partial charge in [0.2, 0.25) is 0 Å². The first kappa shape index (κ1) is 16.2. The maximum absolute atomic E-state index is 13.7. The van der Waals surface area contributed by atoms with Crippen molar-refractivity contribution in [2.45, 2.75) is 18.9 Å². The molecule has 2 amide bonds. The van der Waals surface area contributed by atoms with E-state index in [1.807, 2.05) is 0 Å². The van der Waals surface area contributed by atoms with Crippen molar-refractivity contribution in [2.75, 3.05) is 13.1 Å². The van der Waals surface area contributed by atoms with Gasteiger partial charge in [-0.15, -0.1) is 0 Å². The molecular weight excluding hydrogens is 318 g/mol. The number of halogens is 2. The number of likely N-dealkylation sites (tertiary alicyclic amines) is 1. The molecule has 0 bridgehead atoms. The molecule has 1 N–H and O–H groups in total. The van der Waals surface area contributed by atoms with Gasteiger partial charge in [0.25, 0.3) is 11.8 Å². The standard InChI is InChI=1S/C17H16F2N2O3/c18-11-3-4-13(14(19)10-11)17(23)21-7-5-12(6-8-21)20-16(22)15-2-1-9-24-15/h1-4,9-10,12H,5-8H2,(H,20,22). The summed E-state index contributed by atoms with van der Waals surface area (Å²) in [7, 11) is 0. The van der Waals surface area contributed by atoms with E-state index in [2.05, 4.69) is 5.32 Å². The second kappa shape index (κ2) is 6.82. The molecule has 7 heteroatoms. The third-order valence-corrected chi connectivity index (χ3v) is 4.02. The quantitative estimate of drug-likeness (QED) is 0.938. The molecule has 0 unspecified atom stereocenters. The van der Waals surface area contributed by atoms with Crippen molar-refractivity contribution in [3.05, 3.63) is 59.6 Å². The van der Waals surface area contributed by atoms with Crippen molar-refractivity contribution >= 4 is 11.8 Å². The van der Waals surface area contributed by atoms with Crippen molar-refractivity contribution in [3.8, 4) is 0 Å². The Labute approximate surface area is 137 Å². The Balaban J connectivity index is 1.56. The summed E-state index contributed by atoms with van der Waals surface area (Å²) in [4.78, 5) is 25.7. The summed E-state index contributed by atoms with van der Waals surface area (Å²) < 4.78 is 31.7. The predicted molar refractivity (Wildman–Crippen MR) is 81.5 cm³/mol. The van der Waals surface area contributed by atoms with Gasteiger partial charge in [-0.1, -0.05) is 0 Å². The molecule has 1 saturated heterocycles. The van der Waals surface area contributed by atoms with Gasteiger partial charge in [-0.3, -0.25) is 9.59 Å². The number of piperidine rings is 1. The first-order chi connectivity index (χ1) is 11.5. The van der Waals surface area contributed by atoms with E-state index < -0.39 is 17.5 Å². The van der Waals surface area contributed by atoms with Crippen molar-refractivity contribution in [3.63, 3.8) is 0 Å². The highest BCUT2D eigenvalue weighted by Gasteiger charge is 2.26. The van der Waals surface area contributed by atoms with Crippen LogP contribution in [0.4, 0.5) is 8.78 Å². The maximum Gasteiger partial charge on any atom is 0.287 e. The minimum absolute atomic E-state index is 0.0790. The summed E-state index contributed by atoms with van der Waals surface area (Å²) in [6, 6.07) is 6.04. The number of rotatable bonds is 3. The van der Waals surface area contributed by atoms with Crippen LogP contribution in [0.5, 0.6) is 0 Å². The number of nitrogens with one attached hydrogen (secondary N) is 1. The average Bonchev–Trinajstić information content (AvgIpc) is 3.09. The normalized spacial score (nSPS) is 15.3. The van der Waals surface area contributed by atoms with E-state index in [-0.39, 0.29) is 23.3 Å². The SMILES string of the molecule is O=C(NC1CCN(C(=O)c2ccc(F)cc2F)CC1)c1ccco1. The van der Waals surface area contributed by atoms with Gasteiger partial charge < -0.3 is 14.6 Å². The van der Waals surface area contributed by atoms with Crippen LogP contribution in [0.2, 0.25) is 0 Å². The molecule has 0 saturated carbocycles. The molecule has 1 aromatic carbocycles. The fourth-order valence-corrected chi connectivity index (χ4v) is 2.72. The number of hydrogen-bond acceptors (Lipinski definition) is 3. The lowest BCUT2D eigenvalue weighted by Crippen LogP contribution is -2.46. The molecule has 1 fully saturated rings. The molecule has 0 spiro atoms. The van der Waals surface area contributed by atoms with Crippen molar-refractivity contribution in [2.24, 2.45) is 0 Å². The van der Waals surface area contributed by atoms with E-state index >= 15 is 0 Å². The predicted octanol–water partition coefficient (Wildman–Crippen LogP) is 2.59. The Morgan fingerprint density at radius 3 is 2.54 bits per heavy atom. The highest BCUT2D eigenvalue weighted by atomic mass is 19.1. The van der Waals surface area contributed by atoms with E-state index in [4.69, 9.17) is 4.42 Å². The molecule has 126 valence electrons. The molecule has 1 aromatic heterocycles. The number of carbonyl (C=O) groups excluding carboxylic acids is 2. The molecule has 0 aliphatic carbocycles. The zero-order valence-corrected chi connectivity index (χ0v) is 12.8. The van der Waals surface area contributed by atoms with Crippen molar-refractivity contribution in [1.82, 2.24) is 10.2 Å². The van der Waals surface area contributed by atoms with Crippen LogP contribution in [0.1, 0.15) is 33.8 Å². The first-order valence-electron chi connectivity index (χ1n) is 7.63. The number of carbonyl (C=O) groups is 2. The van der Waals surface area contributed by atoms with E-state index in [9.17, 15) is 18.4 Å². The Kier molecular flexibility index (Phi) is 4.59. The van der Waals surface area contributed by atoms with Crippen LogP contribution < -0.4 is 5.32 Å². The first-order valence-corrected chi connectivity index (χ1v) is 7.63. The molecule has 2 heterocycles. The fourth-order valence-electron chi connectivity index (χ4n) is 2.72. The van der Waals surface area contributed by atoms with Crippen LogP contribution in [0.15, 0.2) is 41.0 Å².